The van der Waals surface area contributed by atoms with E-state index in [1.54, 1.807) is 7.11 Å². The van der Waals surface area contributed by atoms with Crippen LogP contribution in [0, 0.1) is 6.92 Å². The van der Waals surface area contributed by atoms with Crippen molar-refractivity contribution in [3.05, 3.63) is 23.3 Å². The summed E-state index contributed by atoms with van der Waals surface area (Å²) < 4.78 is 5.34. The van der Waals surface area contributed by atoms with Crippen molar-refractivity contribution in [2.24, 2.45) is 5.73 Å². The number of hydrogen-bond acceptors (Lipinski definition) is 4. The standard InChI is InChI=1S/C12H21N3O/c1-5-11(16-4)12-14-9(3)7-10(15-12)6-8(2)13/h7-8,11H,5-6,13H2,1-4H3. The molecule has 0 amide bonds. The molecule has 0 saturated carbocycles. The number of aromatic nitrogens is 2. The summed E-state index contributed by atoms with van der Waals surface area (Å²) in [5, 5.41) is 0. The molecule has 4 heteroatoms. The summed E-state index contributed by atoms with van der Waals surface area (Å²) in [6.45, 7) is 6.01. The second-order valence-electron chi connectivity index (χ2n) is 4.17. The predicted octanol–water partition coefficient (Wildman–Crippen LogP) is 1.77. The Kier molecular flexibility index (Phi) is 4.83. The van der Waals surface area contributed by atoms with Gasteiger partial charge in [0, 0.05) is 31.0 Å². The van der Waals surface area contributed by atoms with Crippen LogP contribution in [0.3, 0.4) is 0 Å². The van der Waals surface area contributed by atoms with E-state index in [1.165, 1.54) is 0 Å². The highest BCUT2D eigenvalue weighted by Crippen LogP contribution is 2.17. The van der Waals surface area contributed by atoms with E-state index < -0.39 is 0 Å². The zero-order valence-corrected chi connectivity index (χ0v) is 10.5. The highest BCUT2D eigenvalue weighted by atomic mass is 16.5. The van der Waals surface area contributed by atoms with Crippen molar-refractivity contribution in [1.82, 2.24) is 9.97 Å². The first-order chi connectivity index (χ1) is 7.56. The molecule has 90 valence electrons. The Morgan fingerprint density at radius 1 is 1.44 bits per heavy atom. The number of methoxy groups -OCH3 is 1. The normalized spacial score (nSPS) is 14.8. The van der Waals surface area contributed by atoms with E-state index in [0.29, 0.717) is 0 Å². The van der Waals surface area contributed by atoms with Crippen LogP contribution in [0.4, 0.5) is 0 Å². The molecule has 2 N–H and O–H groups in total. The van der Waals surface area contributed by atoms with Crippen LogP contribution in [0.15, 0.2) is 6.07 Å². The highest BCUT2D eigenvalue weighted by Gasteiger charge is 2.13. The zero-order valence-electron chi connectivity index (χ0n) is 10.5. The lowest BCUT2D eigenvalue weighted by atomic mass is 10.1. The monoisotopic (exact) mass is 223 g/mol. The third-order valence-corrected chi connectivity index (χ3v) is 2.40. The topological polar surface area (TPSA) is 61.0 Å². The first-order valence-electron chi connectivity index (χ1n) is 5.69. The number of aryl methyl sites for hydroxylation is 1. The van der Waals surface area contributed by atoms with Gasteiger partial charge in [0.15, 0.2) is 5.82 Å². The smallest absolute Gasteiger partial charge is 0.157 e. The van der Waals surface area contributed by atoms with E-state index in [4.69, 9.17) is 10.5 Å². The maximum Gasteiger partial charge on any atom is 0.157 e. The van der Waals surface area contributed by atoms with E-state index in [1.807, 2.05) is 19.9 Å². The number of ether oxygens (including phenoxy) is 1. The van der Waals surface area contributed by atoms with Gasteiger partial charge in [0.05, 0.1) is 0 Å². The zero-order chi connectivity index (χ0) is 12.1. The van der Waals surface area contributed by atoms with Crippen LogP contribution in [-0.2, 0) is 11.2 Å². The Balaban J connectivity index is 2.97. The summed E-state index contributed by atoms with van der Waals surface area (Å²) >= 11 is 0. The van der Waals surface area contributed by atoms with E-state index in [2.05, 4.69) is 16.9 Å². The quantitative estimate of drug-likeness (QED) is 0.826. The van der Waals surface area contributed by atoms with Crippen molar-refractivity contribution < 1.29 is 4.74 Å². The first kappa shape index (κ1) is 13.1. The molecule has 1 rings (SSSR count). The van der Waals surface area contributed by atoms with Gasteiger partial charge in [-0.25, -0.2) is 9.97 Å². The Morgan fingerprint density at radius 3 is 2.62 bits per heavy atom. The van der Waals surface area contributed by atoms with E-state index in [9.17, 15) is 0 Å². The molecule has 1 aromatic heterocycles. The van der Waals surface area contributed by atoms with E-state index in [-0.39, 0.29) is 12.1 Å². The molecule has 2 atom stereocenters. The molecule has 0 aliphatic heterocycles. The lowest BCUT2D eigenvalue weighted by molar-refractivity contribution is 0.0922. The Labute approximate surface area is 97.2 Å². The molecular weight excluding hydrogens is 202 g/mol. The third-order valence-electron chi connectivity index (χ3n) is 2.40. The summed E-state index contributed by atoms with van der Waals surface area (Å²) in [6, 6.07) is 2.10. The maximum absolute atomic E-state index is 5.77. The van der Waals surface area contributed by atoms with Crippen molar-refractivity contribution in [1.29, 1.82) is 0 Å². The molecule has 0 spiro atoms. The molecule has 0 aliphatic carbocycles. The van der Waals surface area contributed by atoms with E-state index >= 15 is 0 Å². The first-order valence-corrected chi connectivity index (χ1v) is 5.69. The molecule has 0 aliphatic rings. The average molecular weight is 223 g/mol. The summed E-state index contributed by atoms with van der Waals surface area (Å²) in [6.07, 6.45) is 1.63. The average Bonchev–Trinajstić information content (AvgIpc) is 2.17. The fourth-order valence-electron chi connectivity index (χ4n) is 1.69. The van der Waals surface area contributed by atoms with Crippen molar-refractivity contribution in [3.8, 4) is 0 Å². The largest absolute Gasteiger partial charge is 0.373 e. The van der Waals surface area contributed by atoms with Gasteiger partial charge >= 0.3 is 0 Å². The lowest BCUT2D eigenvalue weighted by Gasteiger charge is -2.14. The van der Waals surface area contributed by atoms with Gasteiger partial charge in [-0.3, -0.25) is 0 Å². The minimum atomic E-state index is -0.0215. The Bertz CT molecular complexity index is 335. The predicted molar refractivity (Wildman–Crippen MR) is 64.2 cm³/mol. The number of hydrogen-bond donors (Lipinski definition) is 1. The fourth-order valence-corrected chi connectivity index (χ4v) is 1.69. The van der Waals surface area contributed by atoms with Crippen LogP contribution in [0.25, 0.3) is 0 Å². The SMILES string of the molecule is CCC(OC)c1nc(C)cc(CC(C)N)n1. The molecule has 4 nitrogen and oxygen atoms in total. The summed E-state index contributed by atoms with van der Waals surface area (Å²) in [5.74, 6) is 0.764. The van der Waals surface area contributed by atoms with Crippen LogP contribution in [-0.4, -0.2) is 23.1 Å². The van der Waals surface area contributed by atoms with Crippen molar-refractivity contribution in [3.63, 3.8) is 0 Å². The highest BCUT2D eigenvalue weighted by molar-refractivity contribution is 5.12. The number of rotatable bonds is 5. The second-order valence-corrected chi connectivity index (χ2v) is 4.17. The molecule has 0 saturated heterocycles. The van der Waals surface area contributed by atoms with Crippen molar-refractivity contribution in [2.75, 3.05) is 7.11 Å². The summed E-state index contributed by atoms with van der Waals surface area (Å²) in [4.78, 5) is 8.91. The summed E-state index contributed by atoms with van der Waals surface area (Å²) in [5.41, 5.74) is 7.74. The minimum absolute atomic E-state index is 0.0215. The van der Waals surface area contributed by atoms with Gasteiger partial charge < -0.3 is 10.5 Å². The fraction of sp³-hybridized carbons (Fsp3) is 0.667. The maximum atomic E-state index is 5.77. The Hall–Kier alpha value is -1.00. The van der Waals surface area contributed by atoms with Crippen LogP contribution in [0.1, 0.15) is 43.6 Å². The molecule has 0 aromatic carbocycles. The molecule has 1 heterocycles. The molecule has 16 heavy (non-hydrogen) atoms. The molecule has 0 radical (unpaired) electrons. The Morgan fingerprint density at radius 2 is 2.12 bits per heavy atom. The number of nitrogens with zero attached hydrogens (tertiary/aromatic N) is 2. The van der Waals surface area contributed by atoms with Gasteiger partial charge in [0.1, 0.15) is 6.10 Å². The van der Waals surface area contributed by atoms with E-state index in [0.717, 1.165) is 30.1 Å². The lowest BCUT2D eigenvalue weighted by Crippen LogP contribution is -2.19. The second kappa shape index (κ2) is 5.92. The molecule has 0 bridgehead atoms. The van der Waals surface area contributed by atoms with Gasteiger partial charge in [0.2, 0.25) is 0 Å². The van der Waals surface area contributed by atoms with Gasteiger partial charge in [0.25, 0.3) is 0 Å². The molecule has 0 fully saturated rings. The van der Waals surface area contributed by atoms with Gasteiger partial charge in [-0.15, -0.1) is 0 Å². The third kappa shape index (κ3) is 3.54. The van der Waals surface area contributed by atoms with Crippen LogP contribution in [0.2, 0.25) is 0 Å². The molecular formula is C12H21N3O. The van der Waals surface area contributed by atoms with Crippen LogP contribution >= 0.6 is 0 Å². The molecule has 2 unspecified atom stereocenters. The number of nitrogens with two attached hydrogens (primary N) is 1. The van der Waals surface area contributed by atoms with Gasteiger partial charge in [-0.05, 0) is 26.3 Å². The van der Waals surface area contributed by atoms with Crippen molar-refractivity contribution in [2.45, 2.75) is 45.8 Å². The minimum Gasteiger partial charge on any atom is -0.373 e. The molecule has 1 aromatic rings. The summed E-state index contributed by atoms with van der Waals surface area (Å²) in [7, 11) is 1.69. The van der Waals surface area contributed by atoms with Crippen molar-refractivity contribution >= 4 is 0 Å². The van der Waals surface area contributed by atoms with Gasteiger partial charge in [-0.2, -0.15) is 0 Å². The van der Waals surface area contributed by atoms with Gasteiger partial charge in [-0.1, -0.05) is 6.92 Å². The van der Waals surface area contributed by atoms with Crippen LogP contribution < -0.4 is 5.73 Å². The van der Waals surface area contributed by atoms with Crippen LogP contribution in [0.5, 0.6) is 0 Å².